The van der Waals surface area contributed by atoms with E-state index in [0.717, 1.165) is 4.90 Å². The third kappa shape index (κ3) is 1.28. The highest BCUT2D eigenvalue weighted by atomic mass is 35.5. The third-order valence-electron chi connectivity index (χ3n) is 3.47. The zero-order valence-corrected chi connectivity index (χ0v) is 10.4. The van der Waals surface area contributed by atoms with Gasteiger partial charge in [-0.1, -0.05) is 23.7 Å². The van der Waals surface area contributed by atoms with E-state index in [1.807, 2.05) is 0 Å². The summed E-state index contributed by atoms with van der Waals surface area (Å²) in [5.41, 5.74) is -0.643. The molecule has 0 saturated carbocycles. The van der Waals surface area contributed by atoms with Crippen LogP contribution >= 0.6 is 11.6 Å². The molecule has 0 unspecified atom stereocenters. The van der Waals surface area contributed by atoms with Gasteiger partial charge in [0.1, 0.15) is 0 Å². The van der Waals surface area contributed by atoms with Gasteiger partial charge in [-0.2, -0.15) is 10.2 Å². The highest BCUT2D eigenvalue weighted by molar-refractivity contribution is 6.36. The van der Waals surface area contributed by atoms with E-state index in [9.17, 15) is 9.59 Å². The Morgan fingerprint density at radius 1 is 1.39 bits per heavy atom. The maximum atomic E-state index is 12.4. The molecule has 6 heteroatoms. The van der Waals surface area contributed by atoms with Crippen LogP contribution in [0.2, 0.25) is 5.02 Å². The molecule has 0 radical (unpaired) electrons. The largest absolute Gasteiger partial charge is 0.274 e. The van der Waals surface area contributed by atoms with E-state index in [0.29, 0.717) is 10.7 Å². The molecule has 1 aromatic carbocycles. The fourth-order valence-corrected chi connectivity index (χ4v) is 2.59. The zero-order valence-electron chi connectivity index (χ0n) is 9.63. The number of azo groups is 1. The summed E-state index contributed by atoms with van der Waals surface area (Å²) in [5, 5.41) is 8.13. The Bertz CT molecular complexity index is 586. The van der Waals surface area contributed by atoms with Crippen molar-refractivity contribution in [2.45, 2.75) is 12.5 Å². The molecule has 0 N–H and O–H groups in total. The van der Waals surface area contributed by atoms with Crippen LogP contribution in [0.1, 0.15) is 6.92 Å². The minimum absolute atomic E-state index is 0.266. The van der Waals surface area contributed by atoms with Crippen molar-refractivity contribution >= 4 is 29.1 Å². The number of amides is 2. The molecular formula is C12H10ClN3O2. The minimum Gasteiger partial charge on any atom is -0.274 e. The van der Waals surface area contributed by atoms with Crippen LogP contribution in [0, 0.1) is 5.92 Å². The second-order valence-electron chi connectivity index (χ2n) is 4.55. The van der Waals surface area contributed by atoms with Crippen molar-refractivity contribution in [3.05, 3.63) is 29.3 Å². The fourth-order valence-electron chi connectivity index (χ4n) is 2.37. The smallest absolute Gasteiger partial charge is 0.264 e. The quantitative estimate of drug-likeness (QED) is 0.728. The van der Waals surface area contributed by atoms with Crippen molar-refractivity contribution in [1.82, 2.24) is 0 Å². The van der Waals surface area contributed by atoms with Crippen molar-refractivity contribution in [2.24, 2.45) is 16.1 Å². The van der Waals surface area contributed by atoms with Gasteiger partial charge in [-0.15, -0.1) is 0 Å². The number of hydrogen-bond acceptors (Lipinski definition) is 4. The number of carbonyl (C=O) groups is 2. The maximum absolute atomic E-state index is 12.4. The molecule has 0 spiro atoms. The lowest BCUT2D eigenvalue weighted by Gasteiger charge is -2.17. The number of carbonyl (C=O) groups excluding carboxylic acids is 2. The average molecular weight is 264 g/mol. The third-order valence-corrected chi connectivity index (χ3v) is 3.79. The van der Waals surface area contributed by atoms with Gasteiger partial charge >= 0.3 is 0 Å². The van der Waals surface area contributed by atoms with Crippen LogP contribution in [0.3, 0.4) is 0 Å². The lowest BCUT2D eigenvalue weighted by atomic mass is 9.90. The second kappa shape index (κ2) is 3.62. The van der Waals surface area contributed by atoms with E-state index in [4.69, 9.17) is 11.6 Å². The molecular weight excluding hydrogens is 254 g/mol. The first kappa shape index (κ1) is 11.3. The highest BCUT2D eigenvalue weighted by Crippen LogP contribution is 2.41. The van der Waals surface area contributed by atoms with Gasteiger partial charge in [0.25, 0.3) is 5.91 Å². The number of para-hydroxylation sites is 1. The highest BCUT2D eigenvalue weighted by Gasteiger charge is 2.60. The molecule has 2 heterocycles. The second-order valence-corrected chi connectivity index (χ2v) is 4.96. The van der Waals surface area contributed by atoms with Gasteiger partial charge in [0.15, 0.2) is 5.54 Å². The summed E-state index contributed by atoms with van der Waals surface area (Å²) in [6.45, 7) is 1.91. The van der Waals surface area contributed by atoms with E-state index >= 15 is 0 Å². The lowest BCUT2D eigenvalue weighted by Crippen LogP contribution is -2.37. The number of imide groups is 1. The van der Waals surface area contributed by atoms with Gasteiger partial charge in [-0.05, 0) is 19.1 Å². The summed E-state index contributed by atoms with van der Waals surface area (Å²) in [6, 6.07) is 6.79. The summed E-state index contributed by atoms with van der Waals surface area (Å²) in [7, 11) is 0. The molecule has 2 atom stereocenters. The normalized spacial score (nSPS) is 30.1. The average Bonchev–Trinajstić information content (AvgIpc) is 2.81. The molecule has 3 rings (SSSR count). The Labute approximate surface area is 108 Å². The van der Waals surface area contributed by atoms with E-state index in [-0.39, 0.29) is 18.4 Å². The Balaban J connectivity index is 2.11. The molecule has 2 aliphatic rings. The van der Waals surface area contributed by atoms with E-state index in [2.05, 4.69) is 10.2 Å². The van der Waals surface area contributed by atoms with E-state index in [1.165, 1.54) is 0 Å². The summed E-state index contributed by atoms with van der Waals surface area (Å²) in [6.07, 6.45) is 0. The van der Waals surface area contributed by atoms with Crippen molar-refractivity contribution in [3.63, 3.8) is 0 Å². The topological polar surface area (TPSA) is 62.1 Å². The van der Waals surface area contributed by atoms with Crippen molar-refractivity contribution < 1.29 is 9.59 Å². The zero-order chi connectivity index (χ0) is 12.9. The lowest BCUT2D eigenvalue weighted by molar-refractivity contribution is -0.122. The van der Waals surface area contributed by atoms with Crippen LogP contribution in [0.4, 0.5) is 5.69 Å². The molecule has 5 nitrogen and oxygen atoms in total. The van der Waals surface area contributed by atoms with Gasteiger partial charge < -0.3 is 0 Å². The molecule has 0 aromatic heterocycles. The summed E-state index contributed by atoms with van der Waals surface area (Å²) >= 11 is 6.04. The fraction of sp³-hybridized carbons (Fsp3) is 0.333. The molecule has 2 amide bonds. The van der Waals surface area contributed by atoms with Crippen LogP contribution < -0.4 is 4.90 Å². The molecule has 1 fully saturated rings. The van der Waals surface area contributed by atoms with Crippen LogP contribution in [-0.2, 0) is 9.59 Å². The van der Waals surface area contributed by atoms with Crippen LogP contribution in [0.5, 0.6) is 0 Å². The van der Waals surface area contributed by atoms with Crippen molar-refractivity contribution in [2.75, 3.05) is 11.4 Å². The Morgan fingerprint density at radius 2 is 2.11 bits per heavy atom. The first-order chi connectivity index (χ1) is 8.55. The standard InChI is InChI=1S/C12H10ClN3O2/c1-12-7(6-14-15-12)10(17)16(11(12)18)9-5-3-2-4-8(9)13/h2-5,7H,6H2,1H3/t7-,12+/m1/s1. The molecule has 2 aliphatic heterocycles. The Hall–Kier alpha value is -1.75. The van der Waals surface area contributed by atoms with Gasteiger partial charge in [0, 0.05) is 0 Å². The number of benzene rings is 1. The van der Waals surface area contributed by atoms with Crippen LogP contribution in [0.15, 0.2) is 34.5 Å². The minimum atomic E-state index is -1.06. The number of hydrogen-bond donors (Lipinski definition) is 0. The molecule has 92 valence electrons. The first-order valence-corrected chi connectivity index (χ1v) is 5.95. The number of fused-ring (bicyclic) bond motifs is 1. The molecule has 18 heavy (non-hydrogen) atoms. The molecule has 0 aliphatic carbocycles. The number of rotatable bonds is 1. The van der Waals surface area contributed by atoms with Crippen molar-refractivity contribution in [1.29, 1.82) is 0 Å². The maximum Gasteiger partial charge on any atom is 0.264 e. The van der Waals surface area contributed by atoms with Gasteiger partial charge in [0.05, 0.1) is 23.2 Å². The predicted octanol–water partition coefficient (Wildman–Crippen LogP) is 2.05. The van der Waals surface area contributed by atoms with Crippen LogP contribution in [0.25, 0.3) is 0 Å². The van der Waals surface area contributed by atoms with Gasteiger partial charge in [-0.25, -0.2) is 4.90 Å². The number of nitrogens with zero attached hydrogens (tertiary/aromatic N) is 3. The summed E-state index contributed by atoms with van der Waals surface area (Å²) in [4.78, 5) is 25.8. The number of anilines is 1. The van der Waals surface area contributed by atoms with Crippen molar-refractivity contribution in [3.8, 4) is 0 Å². The van der Waals surface area contributed by atoms with Gasteiger partial charge in [-0.3, -0.25) is 9.59 Å². The molecule has 0 bridgehead atoms. The summed E-state index contributed by atoms with van der Waals surface area (Å²) < 4.78 is 0. The number of halogens is 1. The van der Waals surface area contributed by atoms with Crippen LogP contribution in [-0.4, -0.2) is 23.9 Å². The first-order valence-electron chi connectivity index (χ1n) is 5.57. The van der Waals surface area contributed by atoms with Gasteiger partial charge in [0.2, 0.25) is 5.91 Å². The monoisotopic (exact) mass is 263 g/mol. The molecule has 1 aromatic rings. The summed E-state index contributed by atoms with van der Waals surface area (Å²) in [5.74, 6) is -1.13. The van der Waals surface area contributed by atoms with E-state index < -0.39 is 11.5 Å². The predicted molar refractivity (Wildman–Crippen MR) is 65.6 cm³/mol. The SMILES string of the molecule is C[C@]12N=NC[C@@H]1C(=O)N(c1ccccc1Cl)C2=O. The Kier molecular flexibility index (Phi) is 2.28. The Morgan fingerprint density at radius 3 is 2.78 bits per heavy atom. The van der Waals surface area contributed by atoms with E-state index in [1.54, 1.807) is 31.2 Å². The molecule has 1 saturated heterocycles.